The van der Waals surface area contributed by atoms with Gasteiger partial charge in [-0.25, -0.2) is 13.4 Å². The maximum Gasteiger partial charge on any atom is 0.501 e. The third kappa shape index (κ3) is 3.50. The van der Waals surface area contributed by atoms with Gasteiger partial charge in [-0.3, -0.25) is 0 Å². The quantitative estimate of drug-likeness (QED) is 0.784. The Morgan fingerprint density at radius 3 is 2.32 bits per heavy atom. The number of sulfone groups is 1. The molecule has 0 amide bonds. The summed E-state index contributed by atoms with van der Waals surface area (Å²) in [6, 6.07) is 4.28. The smallest absolute Gasteiger partial charge is 0.445 e. The van der Waals surface area contributed by atoms with Crippen molar-refractivity contribution in [1.82, 2.24) is 4.98 Å². The molecule has 1 aromatic heterocycles. The van der Waals surface area contributed by atoms with Crippen molar-refractivity contribution >= 4 is 33.6 Å². The van der Waals surface area contributed by atoms with E-state index in [-0.39, 0.29) is 11.8 Å². The number of aromatic nitrogens is 1. The lowest BCUT2D eigenvalue weighted by Gasteiger charge is -2.07. The number of hydrogen-bond acceptors (Lipinski definition) is 4. The molecular weight excluding hydrogens is 343 g/mol. The Morgan fingerprint density at radius 2 is 1.82 bits per heavy atom. The Kier molecular flexibility index (Phi) is 4.62. The molecular formula is C13H9ClF3NO3S. The molecule has 1 heterocycles. The van der Waals surface area contributed by atoms with Crippen molar-refractivity contribution in [3.63, 3.8) is 0 Å². The van der Waals surface area contributed by atoms with E-state index in [1.807, 2.05) is 0 Å². The predicted octanol–water partition coefficient (Wildman–Crippen LogP) is 3.88. The number of alkyl halides is 4. The molecule has 0 aliphatic carbocycles. The first-order valence-corrected chi connectivity index (χ1v) is 7.85. The lowest BCUT2D eigenvalue weighted by atomic mass is 10.2. The van der Waals surface area contributed by atoms with E-state index in [0.29, 0.717) is 11.3 Å². The summed E-state index contributed by atoms with van der Waals surface area (Å²) >= 11 is 5.56. The Morgan fingerprint density at radius 1 is 1.18 bits per heavy atom. The fourth-order valence-corrected chi connectivity index (χ4v) is 2.40. The van der Waals surface area contributed by atoms with Gasteiger partial charge in [-0.2, -0.15) is 13.2 Å². The summed E-state index contributed by atoms with van der Waals surface area (Å²) in [7, 11) is -5.33. The maximum atomic E-state index is 12.4. The maximum absolute atomic E-state index is 12.4. The average Bonchev–Trinajstić information content (AvgIpc) is 2.92. The van der Waals surface area contributed by atoms with Crippen molar-refractivity contribution in [2.45, 2.75) is 16.3 Å². The molecule has 0 spiro atoms. The van der Waals surface area contributed by atoms with Crippen molar-refractivity contribution in [2.75, 3.05) is 0 Å². The van der Waals surface area contributed by atoms with Crippen molar-refractivity contribution in [2.24, 2.45) is 0 Å². The Labute approximate surface area is 129 Å². The minimum atomic E-state index is -5.33. The van der Waals surface area contributed by atoms with E-state index in [4.69, 9.17) is 16.0 Å². The molecule has 0 aliphatic heterocycles. The molecule has 118 valence electrons. The second kappa shape index (κ2) is 6.13. The van der Waals surface area contributed by atoms with Crippen LogP contribution >= 0.6 is 11.6 Å². The summed E-state index contributed by atoms with van der Waals surface area (Å²) in [6.07, 6.45) is 4.39. The van der Waals surface area contributed by atoms with E-state index >= 15 is 0 Å². The Balaban J connectivity index is 2.19. The van der Waals surface area contributed by atoms with Gasteiger partial charge in [-0.05, 0) is 23.8 Å². The van der Waals surface area contributed by atoms with Gasteiger partial charge in [0.25, 0.3) is 9.84 Å². The minimum absolute atomic E-state index is 0.196. The van der Waals surface area contributed by atoms with Gasteiger partial charge in [0.05, 0.1) is 16.5 Å². The third-order valence-corrected chi connectivity index (χ3v) is 4.40. The van der Waals surface area contributed by atoms with E-state index < -0.39 is 20.2 Å². The summed E-state index contributed by atoms with van der Waals surface area (Å²) in [5.74, 6) is 0.476. The number of halogens is 4. The molecule has 22 heavy (non-hydrogen) atoms. The number of rotatable bonds is 4. The largest absolute Gasteiger partial charge is 0.501 e. The number of oxazole rings is 1. The van der Waals surface area contributed by atoms with Gasteiger partial charge in [-0.1, -0.05) is 12.1 Å². The number of nitrogens with zero attached hydrogens (tertiary/aromatic N) is 1. The summed E-state index contributed by atoms with van der Waals surface area (Å²) in [5.41, 5.74) is -4.28. The van der Waals surface area contributed by atoms with Crippen LogP contribution < -0.4 is 0 Å². The van der Waals surface area contributed by atoms with E-state index in [1.165, 1.54) is 30.5 Å². The molecule has 0 aliphatic rings. The summed E-state index contributed by atoms with van der Waals surface area (Å²) < 4.78 is 64.6. The number of benzene rings is 1. The molecule has 0 atom stereocenters. The van der Waals surface area contributed by atoms with Crippen molar-refractivity contribution in [3.05, 3.63) is 47.7 Å². The van der Waals surface area contributed by atoms with Gasteiger partial charge >= 0.3 is 5.51 Å². The molecule has 0 radical (unpaired) electrons. The first-order chi connectivity index (χ1) is 10.2. The van der Waals surface area contributed by atoms with Crippen LogP contribution in [0.15, 0.2) is 39.8 Å². The normalized spacial score (nSPS) is 12.9. The van der Waals surface area contributed by atoms with Crippen LogP contribution in [0.1, 0.15) is 17.1 Å². The van der Waals surface area contributed by atoms with Crippen LogP contribution in [0, 0.1) is 0 Å². The van der Waals surface area contributed by atoms with E-state index in [2.05, 4.69) is 4.98 Å². The van der Waals surface area contributed by atoms with Gasteiger partial charge in [0, 0.05) is 6.08 Å². The molecule has 0 unspecified atom stereocenters. The van der Waals surface area contributed by atoms with Crippen LogP contribution in [0.3, 0.4) is 0 Å². The molecule has 0 fully saturated rings. The highest BCUT2D eigenvalue weighted by molar-refractivity contribution is 7.92. The van der Waals surface area contributed by atoms with Crippen molar-refractivity contribution < 1.29 is 26.0 Å². The van der Waals surface area contributed by atoms with Crippen LogP contribution in [-0.2, 0) is 15.7 Å². The highest BCUT2D eigenvalue weighted by Gasteiger charge is 2.46. The molecule has 0 N–H and O–H groups in total. The molecule has 1 aromatic carbocycles. The fourth-order valence-electron chi connectivity index (χ4n) is 1.52. The second-order valence-electron chi connectivity index (χ2n) is 4.16. The van der Waals surface area contributed by atoms with Gasteiger partial charge in [0.1, 0.15) is 6.26 Å². The van der Waals surface area contributed by atoms with Gasteiger partial charge < -0.3 is 4.42 Å². The predicted molar refractivity (Wildman–Crippen MR) is 74.7 cm³/mol. The first-order valence-electron chi connectivity index (χ1n) is 5.84. The van der Waals surface area contributed by atoms with E-state index in [9.17, 15) is 21.6 Å². The fraction of sp³-hybridized carbons (Fsp3) is 0.154. The van der Waals surface area contributed by atoms with Gasteiger partial charge in [-0.15, -0.1) is 11.6 Å². The monoisotopic (exact) mass is 351 g/mol. The van der Waals surface area contributed by atoms with Crippen LogP contribution in [0.2, 0.25) is 0 Å². The van der Waals surface area contributed by atoms with E-state index in [0.717, 1.165) is 12.1 Å². The molecule has 2 rings (SSSR count). The van der Waals surface area contributed by atoms with Gasteiger partial charge in [0.15, 0.2) is 0 Å². The van der Waals surface area contributed by atoms with Crippen molar-refractivity contribution in [1.29, 1.82) is 0 Å². The highest BCUT2D eigenvalue weighted by Crippen LogP contribution is 2.30. The first kappa shape index (κ1) is 16.6. The summed E-state index contributed by atoms with van der Waals surface area (Å²) in [6.45, 7) is 0. The molecule has 0 bridgehead atoms. The average molecular weight is 352 g/mol. The van der Waals surface area contributed by atoms with E-state index in [1.54, 1.807) is 0 Å². The van der Waals surface area contributed by atoms with Crippen LogP contribution in [0.25, 0.3) is 12.2 Å². The Hall–Kier alpha value is -1.80. The standard InChI is InChI=1S/C13H9ClF3NO3S/c14-7-10-8-21-12(18-10)6-3-9-1-4-11(5-2-9)22(19,20)13(15,16)17/h1-6,8H,7H2/b6-3+. The van der Waals surface area contributed by atoms with Crippen LogP contribution in [0.4, 0.5) is 13.2 Å². The lowest BCUT2D eigenvalue weighted by Crippen LogP contribution is -2.23. The number of hydrogen-bond donors (Lipinski definition) is 0. The SMILES string of the molecule is O=S(=O)(c1ccc(/C=C/c2nc(CCl)co2)cc1)C(F)(F)F. The molecule has 9 heteroatoms. The molecule has 0 saturated heterocycles. The summed E-state index contributed by atoms with van der Waals surface area (Å²) in [4.78, 5) is 3.20. The summed E-state index contributed by atoms with van der Waals surface area (Å²) in [5, 5.41) is 0. The zero-order valence-corrected chi connectivity index (χ0v) is 12.4. The topological polar surface area (TPSA) is 60.2 Å². The zero-order chi connectivity index (χ0) is 16.4. The Bertz CT molecular complexity index is 780. The van der Waals surface area contributed by atoms with Crippen molar-refractivity contribution in [3.8, 4) is 0 Å². The van der Waals surface area contributed by atoms with Gasteiger partial charge in [0.2, 0.25) is 5.89 Å². The second-order valence-corrected chi connectivity index (χ2v) is 6.37. The molecule has 2 aromatic rings. The zero-order valence-electron chi connectivity index (χ0n) is 10.8. The third-order valence-electron chi connectivity index (χ3n) is 2.62. The lowest BCUT2D eigenvalue weighted by molar-refractivity contribution is -0.0436. The highest BCUT2D eigenvalue weighted by atomic mass is 35.5. The molecule has 4 nitrogen and oxygen atoms in total. The minimum Gasteiger partial charge on any atom is -0.445 e. The van der Waals surface area contributed by atoms with Crippen LogP contribution in [-0.4, -0.2) is 18.9 Å². The van der Waals surface area contributed by atoms with Crippen LogP contribution in [0.5, 0.6) is 0 Å². The molecule has 0 saturated carbocycles.